The first kappa shape index (κ1) is 14.9. The van der Waals surface area contributed by atoms with Gasteiger partial charge < -0.3 is 11.1 Å². The quantitative estimate of drug-likeness (QED) is 0.564. The van der Waals surface area contributed by atoms with E-state index in [0.29, 0.717) is 16.1 Å². The van der Waals surface area contributed by atoms with Gasteiger partial charge in [0.1, 0.15) is 16.6 Å². The highest BCUT2D eigenvalue weighted by molar-refractivity contribution is 7.19. The lowest BCUT2D eigenvalue weighted by Crippen LogP contribution is -2.02. The van der Waals surface area contributed by atoms with Gasteiger partial charge in [0.2, 0.25) is 0 Å². The zero-order valence-electron chi connectivity index (χ0n) is 11.9. The summed E-state index contributed by atoms with van der Waals surface area (Å²) in [5, 5.41) is 13.2. The molecule has 1 aromatic heterocycles. The second-order valence-corrected chi connectivity index (χ2v) is 6.31. The summed E-state index contributed by atoms with van der Waals surface area (Å²) in [5.74, 6) is 0.253. The van der Waals surface area contributed by atoms with Crippen LogP contribution in [0.25, 0.3) is 0 Å². The normalized spacial score (nSPS) is 14.0. The second kappa shape index (κ2) is 6.76. The van der Waals surface area contributed by atoms with Crippen LogP contribution in [0.1, 0.15) is 60.7 Å². The molecule has 1 heterocycles. The zero-order valence-corrected chi connectivity index (χ0v) is 12.7. The zero-order chi connectivity index (χ0) is 14.5. The Morgan fingerprint density at radius 2 is 2.20 bits per heavy atom. The van der Waals surface area contributed by atoms with Gasteiger partial charge in [-0.05, 0) is 19.3 Å². The minimum Gasteiger partial charge on any atom is -0.396 e. The van der Waals surface area contributed by atoms with Crippen LogP contribution in [0.4, 0.5) is 10.7 Å². The number of ketones is 1. The summed E-state index contributed by atoms with van der Waals surface area (Å²) in [6.45, 7) is 3.00. The molecule has 1 fully saturated rings. The number of hydrogen-bond donors (Lipinski definition) is 2. The van der Waals surface area contributed by atoms with Gasteiger partial charge in [0, 0.05) is 12.5 Å². The van der Waals surface area contributed by atoms with Gasteiger partial charge in [0.25, 0.3) is 0 Å². The molecule has 3 N–H and O–H groups in total. The van der Waals surface area contributed by atoms with Crippen LogP contribution in [0, 0.1) is 17.2 Å². The Hall–Kier alpha value is -1.54. The van der Waals surface area contributed by atoms with E-state index in [1.165, 1.54) is 30.6 Å². The molecule has 5 heteroatoms. The van der Waals surface area contributed by atoms with E-state index in [1.54, 1.807) is 0 Å². The third-order valence-corrected chi connectivity index (χ3v) is 4.72. The fourth-order valence-electron chi connectivity index (χ4n) is 2.15. The average molecular weight is 291 g/mol. The number of rotatable bonds is 8. The molecule has 0 unspecified atom stereocenters. The molecule has 0 saturated heterocycles. The summed E-state index contributed by atoms with van der Waals surface area (Å²) in [4.78, 5) is 12.7. The molecule has 1 aliphatic carbocycles. The minimum atomic E-state index is 0.114. The van der Waals surface area contributed by atoms with E-state index in [-0.39, 0.29) is 11.7 Å². The van der Waals surface area contributed by atoms with Crippen molar-refractivity contribution in [3.63, 3.8) is 0 Å². The molecule has 20 heavy (non-hydrogen) atoms. The summed E-state index contributed by atoms with van der Waals surface area (Å²) < 4.78 is 0. The average Bonchev–Trinajstić information content (AvgIpc) is 3.23. The van der Waals surface area contributed by atoms with Crippen molar-refractivity contribution in [1.82, 2.24) is 0 Å². The summed E-state index contributed by atoms with van der Waals surface area (Å²) in [5.41, 5.74) is 6.77. The van der Waals surface area contributed by atoms with Crippen LogP contribution in [0.3, 0.4) is 0 Å². The number of carbonyl (C=O) groups excluding carboxylic acids is 1. The van der Waals surface area contributed by atoms with Gasteiger partial charge >= 0.3 is 0 Å². The minimum absolute atomic E-state index is 0.114. The number of nitrogens with two attached hydrogens (primary N) is 1. The largest absolute Gasteiger partial charge is 0.396 e. The van der Waals surface area contributed by atoms with E-state index in [1.807, 2.05) is 0 Å². The Kier molecular flexibility index (Phi) is 5.02. The number of thiophene rings is 1. The fraction of sp³-hybridized carbons (Fsp3) is 0.600. The van der Waals surface area contributed by atoms with Crippen LogP contribution in [0.15, 0.2) is 0 Å². The van der Waals surface area contributed by atoms with Gasteiger partial charge in [-0.25, -0.2) is 0 Å². The maximum absolute atomic E-state index is 12.1. The highest BCUT2D eigenvalue weighted by Crippen LogP contribution is 2.41. The third kappa shape index (κ3) is 3.31. The number of Topliss-reactive ketones (excluding diaryl/α,β-unsaturated/α-hetero) is 1. The van der Waals surface area contributed by atoms with E-state index in [2.05, 4.69) is 18.3 Å². The Labute approximate surface area is 124 Å². The summed E-state index contributed by atoms with van der Waals surface area (Å²) in [6, 6.07) is 2.12. The Morgan fingerprint density at radius 1 is 1.45 bits per heavy atom. The van der Waals surface area contributed by atoms with Crippen LogP contribution < -0.4 is 11.1 Å². The van der Waals surface area contributed by atoms with Crippen LogP contribution in [0.5, 0.6) is 0 Å². The molecule has 0 aliphatic heterocycles. The predicted octanol–water partition coefficient (Wildman–Crippen LogP) is 3.79. The van der Waals surface area contributed by atoms with E-state index in [4.69, 9.17) is 5.73 Å². The third-order valence-electron chi connectivity index (χ3n) is 3.54. The van der Waals surface area contributed by atoms with Gasteiger partial charge in [-0.15, -0.1) is 11.3 Å². The fourth-order valence-corrected chi connectivity index (χ4v) is 3.26. The van der Waals surface area contributed by atoms with Crippen LogP contribution >= 0.6 is 11.3 Å². The van der Waals surface area contributed by atoms with Crippen LogP contribution in [-0.4, -0.2) is 12.3 Å². The molecular weight excluding hydrogens is 270 g/mol. The molecule has 0 aromatic carbocycles. The van der Waals surface area contributed by atoms with Crippen LogP contribution in [0.2, 0.25) is 0 Å². The van der Waals surface area contributed by atoms with Gasteiger partial charge in [0.05, 0.1) is 10.6 Å². The molecule has 1 aromatic rings. The highest BCUT2D eigenvalue weighted by atomic mass is 32.1. The lowest BCUT2D eigenvalue weighted by Gasteiger charge is -2.03. The van der Waals surface area contributed by atoms with Gasteiger partial charge in [-0.3, -0.25) is 4.79 Å². The predicted molar refractivity (Wildman–Crippen MR) is 83.1 cm³/mol. The molecule has 0 atom stereocenters. The summed E-state index contributed by atoms with van der Waals surface area (Å²) >= 11 is 1.34. The molecule has 0 amide bonds. The van der Waals surface area contributed by atoms with Gasteiger partial charge in [-0.1, -0.05) is 26.2 Å². The smallest absolute Gasteiger partial charge is 0.178 e. The molecule has 4 nitrogen and oxygen atoms in total. The van der Waals surface area contributed by atoms with Crippen molar-refractivity contribution in [2.24, 2.45) is 5.92 Å². The van der Waals surface area contributed by atoms with Crippen molar-refractivity contribution < 1.29 is 4.79 Å². The van der Waals surface area contributed by atoms with E-state index < -0.39 is 0 Å². The number of unbranched alkanes of at least 4 members (excludes halogenated alkanes) is 3. The number of hydrogen-bond acceptors (Lipinski definition) is 5. The van der Waals surface area contributed by atoms with E-state index in [9.17, 15) is 10.1 Å². The summed E-state index contributed by atoms with van der Waals surface area (Å²) in [7, 11) is 0. The number of nitrogens with one attached hydrogen (secondary N) is 1. The Morgan fingerprint density at radius 3 is 2.80 bits per heavy atom. The molecular formula is C15H21N3OS. The highest BCUT2D eigenvalue weighted by Gasteiger charge is 2.34. The summed E-state index contributed by atoms with van der Waals surface area (Å²) in [6.07, 6.45) is 6.60. The van der Waals surface area contributed by atoms with E-state index in [0.717, 1.165) is 30.8 Å². The number of carbonyl (C=O) groups is 1. The first-order valence-corrected chi connectivity index (χ1v) is 8.11. The van der Waals surface area contributed by atoms with Crippen molar-refractivity contribution in [3.8, 4) is 6.07 Å². The van der Waals surface area contributed by atoms with Crippen molar-refractivity contribution in [3.05, 3.63) is 10.4 Å². The Bertz CT molecular complexity index is 526. The number of nitrogens with zero attached hydrogens (tertiary/aromatic N) is 1. The molecule has 2 rings (SSSR count). The molecule has 0 radical (unpaired) electrons. The maximum atomic E-state index is 12.1. The lowest BCUT2D eigenvalue weighted by molar-refractivity contribution is 0.0972. The van der Waals surface area contributed by atoms with Crippen molar-refractivity contribution in [1.29, 1.82) is 5.26 Å². The number of anilines is 2. The molecule has 1 aliphatic rings. The standard InChI is InChI=1S/C15H21N3OS/c1-2-3-4-5-8-18-15-11(9-16)12(17)14(20-15)13(19)10-6-7-10/h10,18H,2-8,17H2,1H3. The van der Waals surface area contributed by atoms with Gasteiger partial charge in [0.15, 0.2) is 5.78 Å². The maximum Gasteiger partial charge on any atom is 0.178 e. The molecule has 0 spiro atoms. The SMILES string of the molecule is CCCCCCNc1sc(C(=O)C2CC2)c(N)c1C#N. The molecule has 1 saturated carbocycles. The Balaban J connectivity index is 2.02. The monoisotopic (exact) mass is 291 g/mol. The first-order chi connectivity index (χ1) is 9.69. The lowest BCUT2D eigenvalue weighted by atomic mass is 10.1. The number of nitriles is 1. The molecule has 0 bridgehead atoms. The molecule has 108 valence electrons. The topological polar surface area (TPSA) is 78.9 Å². The van der Waals surface area contributed by atoms with E-state index >= 15 is 0 Å². The van der Waals surface area contributed by atoms with Crippen molar-refractivity contribution in [2.75, 3.05) is 17.6 Å². The second-order valence-electron chi connectivity index (χ2n) is 5.29. The first-order valence-electron chi connectivity index (χ1n) is 7.29. The van der Waals surface area contributed by atoms with Gasteiger partial charge in [-0.2, -0.15) is 5.26 Å². The van der Waals surface area contributed by atoms with Crippen molar-refractivity contribution in [2.45, 2.75) is 45.4 Å². The number of nitrogen functional groups attached to an aromatic ring is 1. The van der Waals surface area contributed by atoms with Crippen LogP contribution in [-0.2, 0) is 0 Å². The van der Waals surface area contributed by atoms with Crippen molar-refractivity contribution >= 4 is 27.8 Å².